The first kappa shape index (κ1) is 12.9. The van der Waals surface area contributed by atoms with Crippen molar-refractivity contribution >= 4 is 11.9 Å². The maximum atomic E-state index is 11.2. The first-order valence-electron chi connectivity index (χ1n) is 4.72. The van der Waals surface area contributed by atoms with Gasteiger partial charge in [0.05, 0.1) is 26.1 Å². The summed E-state index contributed by atoms with van der Waals surface area (Å²) in [7, 11) is 2.70. The summed E-state index contributed by atoms with van der Waals surface area (Å²) in [4.78, 5) is 22.3. The number of hydrogen-bond acceptors (Lipinski definition) is 4. The van der Waals surface area contributed by atoms with Gasteiger partial charge in [-0.2, -0.15) is 0 Å². The second-order valence-corrected chi connectivity index (χ2v) is 3.29. The highest BCUT2D eigenvalue weighted by Gasteiger charge is 2.23. The minimum absolute atomic E-state index is 0.214. The second-order valence-electron chi connectivity index (χ2n) is 3.29. The number of carbonyl (C=O) groups excluding carboxylic acids is 2. The van der Waals surface area contributed by atoms with Crippen LogP contribution in [0.15, 0.2) is 0 Å². The number of rotatable bonds is 5. The molecule has 0 rings (SSSR count). The van der Waals surface area contributed by atoms with E-state index in [9.17, 15) is 9.59 Å². The molecule has 0 aromatic carbocycles. The van der Waals surface area contributed by atoms with Crippen molar-refractivity contribution in [2.75, 3.05) is 14.2 Å². The van der Waals surface area contributed by atoms with Gasteiger partial charge in [0.25, 0.3) is 0 Å². The zero-order valence-electron chi connectivity index (χ0n) is 9.20. The van der Waals surface area contributed by atoms with Crippen LogP contribution in [0.4, 0.5) is 0 Å². The highest BCUT2D eigenvalue weighted by Crippen LogP contribution is 2.17. The van der Waals surface area contributed by atoms with E-state index in [2.05, 4.69) is 9.47 Å². The van der Waals surface area contributed by atoms with Gasteiger partial charge >= 0.3 is 11.9 Å². The van der Waals surface area contributed by atoms with Gasteiger partial charge in [-0.25, -0.2) is 0 Å². The van der Waals surface area contributed by atoms with Gasteiger partial charge in [-0.05, 0) is 12.8 Å². The van der Waals surface area contributed by atoms with Gasteiger partial charge in [-0.3, -0.25) is 9.59 Å². The standard InChI is InChI=1S/C10H18O4/c1-5-8(10(12)14-4)6-7(2)9(11)13-3/h7-8H,5-6H2,1-4H3. The van der Waals surface area contributed by atoms with Crippen molar-refractivity contribution in [1.29, 1.82) is 0 Å². The van der Waals surface area contributed by atoms with E-state index in [4.69, 9.17) is 0 Å². The quantitative estimate of drug-likeness (QED) is 0.632. The third-order valence-corrected chi connectivity index (χ3v) is 2.27. The SMILES string of the molecule is CCC(CC(C)C(=O)OC)C(=O)OC. The molecule has 0 saturated carbocycles. The molecule has 0 aliphatic heterocycles. The minimum Gasteiger partial charge on any atom is -0.469 e. The lowest BCUT2D eigenvalue weighted by atomic mass is 9.94. The predicted octanol–water partition coefficient (Wildman–Crippen LogP) is 1.38. The van der Waals surface area contributed by atoms with Gasteiger partial charge < -0.3 is 9.47 Å². The molecule has 0 spiro atoms. The van der Waals surface area contributed by atoms with Crippen LogP contribution >= 0.6 is 0 Å². The molecule has 2 unspecified atom stereocenters. The van der Waals surface area contributed by atoms with E-state index in [0.717, 1.165) is 0 Å². The van der Waals surface area contributed by atoms with Gasteiger partial charge in [0.2, 0.25) is 0 Å². The van der Waals surface area contributed by atoms with E-state index >= 15 is 0 Å². The van der Waals surface area contributed by atoms with Crippen molar-refractivity contribution in [3.05, 3.63) is 0 Å². The summed E-state index contributed by atoms with van der Waals surface area (Å²) in [5.74, 6) is -1.02. The fourth-order valence-electron chi connectivity index (χ4n) is 1.32. The molecule has 0 aromatic heterocycles. The maximum Gasteiger partial charge on any atom is 0.308 e. The third-order valence-electron chi connectivity index (χ3n) is 2.27. The summed E-state index contributed by atoms with van der Waals surface area (Å²) in [6, 6.07) is 0. The van der Waals surface area contributed by atoms with Crippen LogP contribution in [0.2, 0.25) is 0 Å². The number of ether oxygens (including phenoxy) is 2. The first-order valence-corrected chi connectivity index (χ1v) is 4.72. The van der Waals surface area contributed by atoms with E-state index in [1.807, 2.05) is 6.92 Å². The van der Waals surface area contributed by atoms with Crippen LogP contribution in [-0.4, -0.2) is 26.2 Å². The minimum atomic E-state index is -0.285. The Morgan fingerprint density at radius 2 is 1.64 bits per heavy atom. The third kappa shape index (κ3) is 3.77. The van der Waals surface area contributed by atoms with Gasteiger partial charge in [0, 0.05) is 0 Å². The number of carbonyl (C=O) groups is 2. The topological polar surface area (TPSA) is 52.6 Å². The molecule has 0 amide bonds. The lowest BCUT2D eigenvalue weighted by molar-refractivity contribution is -0.149. The highest BCUT2D eigenvalue weighted by molar-refractivity contribution is 5.75. The van der Waals surface area contributed by atoms with Crippen LogP contribution in [0.5, 0.6) is 0 Å². The number of esters is 2. The molecule has 0 heterocycles. The fraction of sp³-hybridized carbons (Fsp3) is 0.800. The molecule has 0 aliphatic carbocycles. The number of hydrogen-bond donors (Lipinski definition) is 0. The van der Waals surface area contributed by atoms with E-state index in [1.54, 1.807) is 6.92 Å². The molecule has 0 aliphatic rings. The van der Waals surface area contributed by atoms with Gasteiger partial charge in [0.1, 0.15) is 0 Å². The molecule has 82 valence electrons. The molecule has 4 nitrogen and oxygen atoms in total. The summed E-state index contributed by atoms with van der Waals surface area (Å²) in [5, 5.41) is 0. The molecular formula is C10H18O4. The van der Waals surface area contributed by atoms with Crippen LogP contribution in [0.1, 0.15) is 26.7 Å². The van der Waals surface area contributed by atoms with E-state index in [0.29, 0.717) is 12.8 Å². The lowest BCUT2D eigenvalue weighted by Gasteiger charge is -2.15. The Morgan fingerprint density at radius 1 is 1.14 bits per heavy atom. The van der Waals surface area contributed by atoms with Crippen molar-refractivity contribution in [3.8, 4) is 0 Å². The highest BCUT2D eigenvalue weighted by atomic mass is 16.5. The zero-order valence-corrected chi connectivity index (χ0v) is 9.20. The van der Waals surface area contributed by atoms with Crippen molar-refractivity contribution < 1.29 is 19.1 Å². The Bertz CT molecular complexity index is 200. The smallest absolute Gasteiger partial charge is 0.308 e. The molecule has 0 N–H and O–H groups in total. The molecule has 0 bridgehead atoms. The molecule has 4 heteroatoms. The number of methoxy groups -OCH3 is 2. The monoisotopic (exact) mass is 202 g/mol. The van der Waals surface area contributed by atoms with Crippen LogP contribution in [0, 0.1) is 11.8 Å². The molecule has 0 saturated heterocycles. The van der Waals surface area contributed by atoms with Crippen molar-refractivity contribution in [2.45, 2.75) is 26.7 Å². The summed E-state index contributed by atoms with van der Waals surface area (Å²) < 4.78 is 9.21. The predicted molar refractivity (Wildman–Crippen MR) is 51.6 cm³/mol. The Kier molecular flexibility index (Phi) is 5.92. The average molecular weight is 202 g/mol. The van der Waals surface area contributed by atoms with E-state index in [-0.39, 0.29) is 23.8 Å². The Labute approximate surface area is 84.6 Å². The molecular weight excluding hydrogens is 184 g/mol. The van der Waals surface area contributed by atoms with Crippen LogP contribution in [-0.2, 0) is 19.1 Å². The van der Waals surface area contributed by atoms with Crippen LogP contribution in [0.25, 0.3) is 0 Å². The molecule has 14 heavy (non-hydrogen) atoms. The Morgan fingerprint density at radius 3 is 2.00 bits per heavy atom. The van der Waals surface area contributed by atoms with Crippen molar-refractivity contribution in [1.82, 2.24) is 0 Å². The van der Waals surface area contributed by atoms with Gasteiger partial charge in [-0.15, -0.1) is 0 Å². The molecule has 0 fully saturated rings. The first-order chi connectivity index (χ1) is 6.56. The summed E-state index contributed by atoms with van der Waals surface area (Å²) >= 11 is 0. The van der Waals surface area contributed by atoms with Crippen molar-refractivity contribution in [2.24, 2.45) is 11.8 Å². The van der Waals surface area contributed by atoms with Crippen LogP contribution in [0.3, 0.4) is 0 Å². The Hall–Kier alpha value is -1.06. The molecule has 0 aromatic rings. The normalized spacial score (nSPS) is 14.3. The second kappa shape index (κ2) is 6.40. The Balaban J connectivity index is 4.17. The van der Waals surface area contributed by atoms with E-state index in [1.165, 1.54) is 14.2 Å². The molecule has 2 atom stereocenters. The largest absolute Gasteiger partial charge is 0.469 e. The molecule has 0 radical (unpaired) electrons. The lowest BCUT2D eigenvalue weighted by Crippen LogP contribution is -2.22. The van der Waals surface area contributed by atoms with Crippen LogP contribution < -0.4 is 0 Å². The fourth-order valence-corrected chi connectivity index (χ4v) is 1.32. The van der Waals surface area contributed by atoms with Crippen molar-refractivity contribution in [3.63, 3.8) is 0 Å². The summed E-state index contributed by atoms with van der Waals surface area (Å²) in [6.07, 6.45) is 1.16. The summed E-state index contributed by atoms with van der Waals surface area (Å²) in [5.41, 5.74) is 0. The van der Waals surface area contributed by atoms with Gasteiger partial charge in [-0.1, -0.05) is 13.8 Å². The zero-order chi connectivity index (χ0) is 11.1. The summed E-state index contributed by atoms with van der Waals surface area (Å²) in [6.45, 7) is 3.64. The van der Waals surface area contributed by atoms with Gasteiger partial charge in [0.15, 0.2) is 0 Å². The average Bonchev–Trinajstić information content (AvgIpc) is 2.22. The maximum absolute atomic E-state index is 11.2. The van der Waals surface area contributed by atoms with E-state index < -0.39 is 0 Å².